The number of carboxylic acids is 1. The van der Waals surface area contributed by atoms with E-state index in [2.05, 4.69) is 5.10 Å². The molecule has 2 aromatic carbocycles. The maximum atomic E-state index is 13.0. The van der Waals surface area contributed by atoms with Gasteiger partial charge in [-0.15, -0.1) is 0 Å². The Balaban J connectivity index is 1.94. The molecule has 31 heavy (non-hydrogen) atoms. The van der Waals surface area contributed by atoms with Crippen molar-refractivity contribution < 1.29 is 28.9 Å². The van der Waals surface area contributed by atoms with Crippen LogP contribution < -0.4 is 14.2 Å². The number of ether oxygens (including phenoxy) is 3. The molecule has 0 bridgehead atoms. The smallest absolute Gasteiger partial charge is 0.303 e. The van der Waals surface area contributed by atoms with Crippen LogP contribution in [0.3, 0.4) is 0 Å². The van der Waals surface area contributed by atoms with E-state index in [4.69, 9.17) is 19.3 Å². The minimum Gasteiger partial charge on any atom is -0.497 e. The second kappa shape index (κ2) is 9.97. The molecule has 1 aliphatic heterocycles. The third kappa shape index (κ3) is 5.14. The monoisotopic (exact) mass is 426 g/mol. The molecule has 1 aliphatic rings. The molecule has 0 aliphatic carbocycles. The first-order valence-corrected chi connectivity index (χ1v) is 9.94. The summed E-state index contributed by atoms with van der Waals surface area (Å²) in [6.07, 6.45) is 0.761. The summed E-state index contributed by atoms with van der Waals surface area (Å²) in [5.74, 6) is 0.838. The average Bonchev–Trinajstić information content (AvgIpc) is 3.23. The molecule has 1 atom stereocenters. The van der Waals surface area contributed by atoms with E-state index >= 15 is 0 Å². The van der Waals surface area contributed by atoms with Gasteiger partial charge in [0.05, 0.1) is 33.1 Å². The fourth-order valence-electron chi connectivity index (χ4n) is 3.55. The first kappa shape index (κ1) is 22.1. The van der Waals surface area contributed by atoms with Gasteiger partial charge in [-0.1, -0.05) is 0 Å². The highest BCUT2D eigenvalue weighted by Gasteiger charge is 2.35. The summed E-state index contributed by atoms with van der Waals surface area (Å²) in [7, 11) is 4.75. The van der Waals surface area contributed by atoms with Crippen molar-refractivity contribution >= 4 is 17.6 Å². The van der Waals surface area contributed by atoms with Crippen molar-refractivity contribution in [3.63, 3.8) is 0 Å². The van der Waals surface area contributed by atoms with Crippen LogP contribution in [0.4, 0.5) is 0 Å². The number of carboxylic acid groups (broad SMARTS) is 1. The summed E-state index contributed by atoms with van der Waals surface area (Å²) in [5, 5.41) is 14.9. The molecule has 8 heteroatoms. The van der Waals surface area contributed by atoms with E-state index in [0.717, 1.165) is 22.6 Å². The minimum atomic E-state index is -0.928. The third-order valence-electron chi connectivity index (χ3n) is 5.17. The summed E-state index contributed by atoms with van der Waals surface area (Å²) < 4.78 is 16.1. The second-order valence-electron chi connectivity index (χ2n) is 7.09. The van der Waals surface area contributed by atoms with Gasteiger partial charge in [0, 0.05) is 24.8 Å². The van der Waals surface area contributed by atoms with Crippen molar-refractivity contribution in [2.75, 3.05) is 21.3 Å². The number of methoxy groups -OCH3 is 3. The predicted molar refractivity (Wildman–Crippen MR) is 115 cm³/mol. The molecule has 1 unspecified atom stereocenters. The maximum absolute atomic E-state index is 13.0. The number of amides is 1. The minimum absolute atomic E-state index is 0.0677. The van der Waals surface area contributed by atoms with E-state index in [9.17, 15) is 9.59 Å². The van der Waals surface area contributed by atoms with Gasteiger partial charge in [0.2, 0.25) is 5.91 Å². The van der Waals surface area contributed by atoms with Crippen LogP contribution in [0.2, 0.25) is 0 Å². The van der Waals surface area contributed by atoms with E-state index in [1.54, 1.807) is 33.5 Å². The van der Waals surface area contributed by atoms with Crippen LogP contribution >= 0.6 is 0 Å². The van der Waals surface area contributed by atoms with E-state index < -0.39 is 5.97 Å². The number of carbonyl (C=O) groups excluding carboxylic acids is 1. The summed E-state index contributed by atoms with van der Waals surface area (Å²) in [6.45, 7) is 0. The number of rotatable bonds is 9. The molecular weight excluding hydrogens is 400 g/mol. The van der Waals surface area contributed by atoms with Crippen molar-refractivity contribution in [2.45, 2.75) is 31.7 Å². The van der Waals surface area contributed by atoms with E-state index in [-0.39, 0.29) is 31.2 Å². The molecule has 0 saturated heterocycles. The molecule has 3 rings (SSSR count). The topological polar surface area (TPSA) is 97.7 Å². The first-order chi connectivity index (χ1) is 15.0. The molecule has 0 radical (unpaired) electrons. The molecule has 0 saturated carbocycles. The van der Waals surface area contributed by atoms with Crippen molar-refractivity contribution in [1.82, 2.24) is 5.01 Å². The number of hydrogen-bond acceptors (Lipinski definition) is 6. The highest BCUT2D eigenvalue weighted by molar-refractivity contribution is 6.03. The van der Waals surface area contributed by atoms with Crippen molar-refractivity contribution in [1.29, 1.82) is 0 Å². The zero-order valence-electron chi connectivity index (χ0n) is 17.8. The van der Waals surface area contributed by atoms with Gasteiger partial charge >= 0.3 is 5.97 Å². The van der Waals surface area contributed by atoms with Gasteiger partial charge in [0.15, 0.2) is 0 Å². The predicted octanol–water partition coefficient (Wildman–Crippen LogP) is 3.65. The average molecular weight is 426 g/mol. The largest absolute Gasteiger partial charge is 0.497 e. The quantitative estimate of drug-likeness (QED) is 0.657. The Hall–Kier alpha value is -3.55. The molecular formula is C23H26N2O6. The van der Waals surface area contributed by atoms with E-state index in [0.29, 0.717) is 17.9 Å². The first-order valence-electron chi connectivity index (χ1n) is 9.94. The van der Waals surface area contributed by atoms with Crippen LogP contribution in [0.15, 0.2) is 47.6 Å². The Morgan fingerprint density at radius 1 is 1.00 bits per heavy atom. The molecule has 1 heterocycles. The fraction of sp³-hybridized carbons (Fsp3) is 0.348. The van der Waals surface area contributed by atoms with Crippen LogP contribution in [0.5, 0.6) is 17.2 Å². The van der Waals surface area contributed by atoms with Crippen LogP contribution in [0, 0.1) is 0 Å². The van der Waals surface area contributed by atoms with Gasteiger partial charge in [-0.25, -0.2) is 5.01 Å². The summed E-state index contributed by atoms with van der Waals surface area (Å²) >= 11 is 0. The van der Waals surface area contributed by atoms with Gasteiger partial charge in [-0.3, -0.25) is 9.59 Å². The fourth-order valence-corrected chi connectivity index (χ4v) is 3.55. The van der Waals surface area contributed by atoms with Gasteiger partial charge in [0.1, 0.15) is 17.2 Å². The van der Waals surface area contributed by atoms with Crippen molar-refractivity contribution in [2.24, 2.45) is 5.10 Å². The Morgan fingerprint density at radius 3 is 2.29 bits per heavy atom. The number of nitrogens with zero attached hydrogens (tertiary/aromatic N) is 2. The number of hydrogen-bond donors (Lipinski definition) is 1. The molecule has 0 fully saturated rings. The third-order valence-corrected chi connectivity index (χ3v) is 5.17. The van der Waals surface area contributed by atoms with E-state index in [1.807, 2.05) is 30.3 Å². The van der Waals surface area contributed by atoms with Crippen LogP contribution in [0.1, 0.15) is 42.9 Å². The summed E-state index contributed by atoms with van der Waals surface area (Å²) in [4.78, 5) is 23.8. The molecule has 8 nitrogen and oxygen atoms in total. The van der Waals surface area contributed by atoms with Gasteiger partial charge in [-0.2, -0.15) is 5.10 Å². The molecule has 0 aromatic heterocycles. The van der Waals surface area contributed by atoms with Crippen molar-refractivity contribution in [3.05, 3.63) is 53.6 Å². The maximum Gasteiger partial charge on any atom is 0.303 e. The Morgan fingerprint density at radius 2 is 1.68 bits per heavy atom. The number of aliphatic carboxylic acids is 1. The van der Waals surface area contributed by atoms with E-state index in [1.165, 1.54) is 5.01 Å². The Labute approximate surface area is 181 Å². The van der Waals surface area contributed by atoms with Crippen LogP contribution in [-0.2, 0) is 9.59 Å². The Kier molecular flexibility index (Phi) is 7.12. The lowest BCUT2D eigenvalue weighted by molar-refractivity contribution is -0.137. The van der Waals surface area contributed by atoms with Gasteiger partial charge in [-0.05, 0) is 54.4 Å². The second-order valence-corrected chi connectivity index (χ2v) is 7.09. The van der Waals surface area contributed by atoms with Crippen LogP contribution in [-0.4, -0.2) is 49.0 Å². The van der Waals surface area contributed by atoms with Crippen molar-refractivity contribution in [3.8, 4) is 17.2 Å². The number of carbonyl (C=O) groups is 2. The molecule has 1 N–H and O–H groups in total. The molecule has 1 amide bonds. The zero-order chi connectivity index (χ0) is 22.4. The number of hydrazone groups is 1. The Bertz CT molecular complexity index is 971. The lowest BCUT2D eigenvalue weighted by atomic mass is 9.97. The number of benzene rings is 2. The normalized spacial score (nSPS) is 15.4. The summed E-state index contributed by atoms with van der Waals surface area (Å²) in [6, 6.07) is 12.5. The lowest BCUT2D eigenvalue weighted by Crippen LogP contribution is -2.27. The van der Waals surface area contributed by atoms with Crippen LogP contribution in [0.25, 0.3) is 0 Å². The van der Waals surface area contributed by atoms with Gasteiger partial charge in [0.25, 0.3) is 0 Å². The highest BCUT2D eigenvalue weighted by atomic mass is 16.5. The molecule has 2 aromatic rings. The zero-order valence-corrected chi connectivity index (χ0v) is 17.8. The SMILES string of the molecule is COc1ccc(C2=NN(C(=O)CCCC(=O)O)C(c3cc(OC)ccc3OC)C2)cc1. The highest BCUT2D eigenvalue weighted by Crippen LogP contribution is 2.39. The molecule has 164 valence electrons. The molecule has 0 spiro atoms. The summed E-state index contributed by atoms with van der Waals surface area (Å²) in [5.41, 5.74) is 2.42. The van der Waals surface area contributed by atoms with Gasteiger partial charge < -0.3 is 19.3 Å². The lowest BCUT2D eigenvalue weighted by Gasteiger charge is -2.24. The standard InChI is InChI=1S/C23H26N2O6/c1-29-16-9-7-15(8-10-16)19-14-20(18-13-17(30-2)11-12-21(18)31-3)25(24-19)22(26)5-4-6-23(27)28/h7-13,20H,4-6,14H2,1-3H3,(H,27,28).